The largest absolute Gasteiger partial charge is 0.458 e. The van der Waals surface area contributed by atoms with E-state index >= 15 is 0 Å². The van der Waals surface area contributed by atoms with E-state index in [1.807, 2.05) is 0 Å². The molecular weight excluding hydrogens is 254 g/mol. The lowest BCUT2D eigenvalue weighted by Gasteiger charge is -2.16. The molecule has 0 saturated heterocycles. The summed E-state index contributed by atoms with van der Waals surface area (Å²) in [5.74, 6) is -1.01. The molecule has 0 heterocycles. The normalized spacial score (nSPS) is 11.4. The predicted octanol–water partition coefficient (Wildman–Crippen LogP) is 3.71. The Labute approximate surface area is 109 Å². The molecule has 0 N–H and O–H groups in total. The van der Waals surface area contributed by atoms with E-state index in [-0.39, 0.29) is 5.75 Å². The Morgan fingerprint density at radius 1 is 1.11 bits per heavy atom. The molecule has 0 fully saturated rings. The lowest BCUT2D eigenvalue weighted by atomic mass is 10.2. The van der Waals surface area contributed by atoms with Gasteiger partial charge in [-0.2, -0.15) is 0 Å². The van der Waals surface area contributed by atoms with Gasteiger partial charge in [0.15, 0.2) is 11.6 Å². The summed E-state index contributed by atoms with van der Waals surface area (Å²) in [5.41, 5.74) is -0.744. The minimum absolute atomic E-state index is 0.296. The van der Waals surface area contributed by atoms with Gasteiger partial charge in [0, 0.05) is 0 Å². The molecule has 0 bridgehead atoms. The van der Waals surface area contributed by atoms with E-state index in [0.717, 1.165) is 6.07 Å². The van der Waals surface area contributed by atoms with Crippen LogP contribution in [0.5, 0.6) is 5.75 Å². The first-order chi connectivity index (χ1) is 8.78. The molecule has 7 heteroatoms. The Bertz CT molecular complexity index is 509. The fourth-order valence-electron chi connectivity index (χ4n) is 1.01. The average Bonchev–Trinajstić information content (AvgIpc) is 2.27. The molecule has 1 aromatic rings. The Kier molecular flexibility index (Phi) is 4.68. The van der Waals surface area contributed by atoms with Gasteiger partial charge in [-0.15, -0.1) is 0 Å². The summed E-state index contributed by atoms with van der Waals surface area (Å²) in [6, 6.07) is 5.29. The van der Waals surface area contributed by atoms with Crippen LogP contribution in [0.2, 0.25) is 0 Å². The summed E-state index contributed by atoms with van der Waals surface area (Å²) in [6.07, 6.45) is -2.24. The lowest BCUT2D eigenvalue weighted by molar-refractivity contribution is 0.0589. The molecule has 0 radical (unpaired) electrons. The van der Waals surface area contributed by atoms with Gasteiger partial charge >= 0.3 is 12.2 Å². The number of carbonyl (C=O) groups excluding carboxylic acids is 2. The lowest BCUT2D eigenvalue weighted by Crippen LogP contribution is -2.21. The zero-order valence-electron chi connectivity index (χ0n) is 10.7. The number of carbonyl (C=O) groups is 2. The number of para-hydroxylation sites is 1. The van der Waals surface area contributed by atoms with Crippen LogP contribution in [0, 0.1) is 5.82 Å². The first-order valence-electron chi connectivity index (χ1n) is 5.39. The Morgan fingerprint density at radius 3 is 2.26 bits per heavy atom. The van der Waals surface area contributed by atoms with Gasteiger partial charge in [0.25, 0.3) is 0 Å². The molecule has 0 saturated carbocycles. The predicted molar refractivity (Wildman–Crippen MR) is 63.5 cm³/mol. The maximum absolute atomic E-state index is 13.1. The van der Waals surface area contributed by atoms with Crippen molar-refractivity contribution >= 4 is 12.2 Å². The zero-order chi connectivity index (χ0) is 14.5. The second-order valence-electron chi connectivity index (χ2n) is 4.48. The molecule has 6 nitrogen and oxygen atoms in total. The van der Waals surface area contributed by atoms with Gasteiger partial charge in [-0.1, -0.05) is 22.4 Å². The zero-order valence-corrected chi connectivity index (χ0v) is 10.7. The van der Waals surface area contributed by atoms with Crippen LogP contribution in [0.15, 0.2) is 34.5 Å². The van der Waals surface area contributed by atoms with Crippen molar-refractivity contribution in [3.8, 4) is 5.75 Å². The number of ether oxygens (including phenoxy) is 2. The summed E-state index contributed by atoms with van der Waals surface area (Å²) >= 11 is 0. The molecule has 19 heavy (non-hydrogen) atoms. The molecule has 0 atom stereocenters. The second kappa shape index (κ2) is 6.03. The Hall–Kier alpha value is -2.31. The van der Waals surface area contributed by atoms with Crippen LogP contribution in [-0.4, -0.2) is 17.8 Å². The van der Waals surface area contributed by atoms with E-state index < -0.39 is 23.6 Å². The molecule has 0 unspecified atom stereocenters. The van der Waals surface area contributed by atoms with Crippen molar-refractivity contribution in [2.45, 2.75) is 26.4 Å². The van der Waals surface area contributed by atoms with E-state index in [2.05, 4.69) is 15.0 Å². The molecule has 1 rings (SSSR count). The maximum atomic E-state index is 13.1. The molecule has 1 aromatic carbocycles. The fourth-order valence-corrected chi connectivity index (χ4v) is 1.01. The highest BCUT2D eigenvalue weighted by Crippen LogP contribution is 2.16. The summed E-state index contributed by atoms with van der Waals surface area (Å²) in [6.45, 7) is 4.91. The average molecular weight is 267 g/mol. The van der Waals surface area contributed by atoms with Gasteiger partial charge in [0.05, 0.1) is 0 Å². The molecule has 102 valence electrons. The van der Waals surface area contributed by atoms with Crippen LogP contribution in [0.1, 0.15) is 20.8 Å². The van der Waals surface area contributed by atoms with Crippen LogP contribution in [0.3, 0.4) is 0 Å². The monoisotopic (exact) mass is 267 g/mol. The number of amides is 2. The number of nitrogens with zero attached hydrogens (tertiary/aromatic N) is 2. The van der Waals surface area contributed by atoms with E-state index in [0.29, 0.717) is 0 Å². The van der Waals surface area contributed by atoms with Crippen molar-refractivity contribution in [1.82, 2.24) is 0 Å². The highest BCUT2D eigenvalue weighted by Gasteiger charge is 2.16. The molecule has 2 amide bonds. The van der Waals surface area contributed by atoms with E-state index in [1.54, 1.807) is 20.8 Å². The molecule has 0 spiro atoms. The van der Waals surface area contributed by atoms with Gasteiger partial charge in [0.2, 0.25) is 0 Å². The second-order valence-corrected chi connectivity index (χ2v) is 4.48. The van der Waals surface area contributed by atoms with Crippen molar-refractivity contribution < 1.29 is 23.5 Å². The third-order valence-electron chi connectivity index (χ3n) is 1.64. The molecule has 0 aliphatic carbocycles. The minimum Gasteiger partial charge on any atom is -0.441 e. The van der Waals surface area contributed by atoms with Gasteiger partial charge in [-0.3, -0.25) is 0 Å². The van der Waals surface area contributed by atoms with Crippen molar-refractivity contribution in [1.29, 1.82) is 0 Å². The SMILES string of the molecule is CC(C)(C)OC(=O)N=NC(=O)Oc1ccccc1[18F]. The Morgan fingerprint density at radius 2 is 1.68 bits per heavy atom. The van der Waals surface area contributed by atoms with E-state index in [4.69, 9.17) is 4.74 Å². The van der Waals surface area contributed by atoms with Gasteiger partial charge in [0.1, 0.15) is 5.60 Å². The van der Waals surface area contributed by atoms with Crippen LogP contribution in [-0.2, 0) is 4.74 Å². The van der Waals surface area contributed by atoms with Crippen LogP contribution in [0.4, 0.5) is 14.0 Å². The molecule has 0 aliphatic heterocycles. The molecule has 0 aliphatic rings. The number of hydrogen-bond donors (Lipinski definition) is 0. The molecular formula is C12H13FN2O4. The number of halogens is 1. The smallest absolute Gasteiger partial charge is 0.441 e. The Balaban J connectivity index is 2.57. The highest BCUT2D eigenvalue weighted by atomic mass is 18.2. The van der Waals surface area contributed by atoms with Crippen molar-refractivity contribution in [3.63, 3.8) is 0 Å². The number of azo groups is 1. The standard InChI is InChI=1S/C12H13FN2O4/c1-12(2,3)19-11(17)15-14-10(16)18-9-7-5-4-6-8(9)13/h4-7H,1-3H3/i13-1. The first-order valence-corrected chi connectivity index (χ1v) is 5.39. The summed E-state index contributed by atoms with van der Waals surface area (Å²) in [7, 11) is 0. The number of rotatable bonds is 1. The van der Waals surface area contributed by atoms with E-state index in [1.165, 1.54) is 18.2 Å². The highest BCUT2D eigenvalue weighted by molar-refractivity contribution is 5.74. The number of hydrogen-bond acceptors (Lipinski definition) is 4. The maximum Gasteiger partial charge on any atom is 0.458 e. The summed E-state index contributed by atoms with van der Waals surface area (Å²) in [4.78, 5) is 22.3. The quantitative estimate of drug-likeness (QED) is 0.726. The van der Waals surface area contributed by atoms with Crippen molar-refractivity contribution in [3.05, 3.63) is 30.1 Å². The third-order valence-corrected chi connectivity index (χ3v) is 1.64. The van der Waals surface area contributed by atoms with Gasteiger partial charge in [-0.05, 0) is 32.9 Å². The molecule has 0 aromatic heterocycles. The van der Waals surface area contributed by atoms with Crippen LogP contribution >= 0.6 is 0 Å². The topological polar surface area (TPSA) is 77.3 Å². The van der Waals surface area contributed by atoms with E-state index in [9.17, 15) is 14.0 Å². The summed E-state index contributed by atoms with van der Waals surface area (Å²) < 4.78 is 22.5. The third kappa shape index (κ3) is 5.71. The van der Waals surface area contributed by atoms with Crippen LogP contribution < -0.4 is 4.74 Å². The van der Waals surface area contributed by atoms with Gasteiger partial charge in [-0.25, -0.2) is 14.0 Å². The van der Waals surface area contributed by atoms with Gasteiger partial charge < -0.3 is 9.47 Å². The number of benzene rings is 1. The minimum atomic E-state index is -1.21. The van der Waals surface area contributed by atoms with Crippen LogP contribution in [0.25, 0.3) is 0 Å². The fraction of sp³-hybridized carbons (Fsp3) is 0.333. The first kappa shape index (κ1) is 14.7. The van der Waals surface area contributed by atoms with Crippen molar-refractivity contribution in [2.24, 2.45) is 10.2 Å². The van der Waals surface area contributed by atoms with Crippen molar-refractivity contribution in [2.75, 3.05) is 0 Å². The summed E-state index contributed by atoms with van der Waals surface area (Å²) in [5, 5.41) is 5.97.